The summed E-state index contributed by atoms with van der Waals surface area (Å²) in [5.74, 6) is -0.193. The van der Waals surface area contributed by atoms with Gasteiger partial charge in [-0.1, -0.05) is 48.0 Å². The van der Waals surface area contributed by atoms with Gasteiger partial charge in [0.2, 0.25) is 0 Å². The van der Waals surface area contributed by atoms with Gasteiger partial charge in [0.15, 0.2) is 5.13 Å². The van der Waals surface area contributed by atoms with E-state index in [1.807, 2.05) is 49.4 Å². The van der Waals surface area contributed by atoms with Crippen molar-refractivity contribution in [2.45, 2.75) is 13.0 Å². The zero-order valence-electron chi connectivity index (χ0n) is 13.0. The van der Waals surface area contributed by atoms with E-state index in [1.165, 1.54) is 11.3 Å². The molecule has 0 aliphatic rings. The van der Waals surface area contributed by atoms with Crippen molar-refractivity contribution in [3.05, 3.63) is 76.3 Å². The predicted octanol–water partition coefficient (Wildman–Crippen LogP) is 5.03. The summed E-state index contributed by atoms with van der Waals surface area (Å²) >= 11 is 7.34. The Labute approximate surface area is 149 Å². The molecule has 1 heterocycles. The monoisotopic (exact) mass is 357 g/mol. The summed E-state index contributed by atoms with van der Waals surface area (Å²) in [5.41, 5.74) is 2.28. The molecule has 6 heteroatoms. The summed E-state index contributed by atoms with van der Waals surface area (Å²) in [7, 11) is 0. The van der Waals surface area contributed by atoms with Gasteiger partial charge in [0.1, 0.15) is 5.69 Å². The molecule has 4 nitrogen and oxygen atoms in total. The predicted molar refractivity (Wildman–Crippen MR) is 99.2 cm³/mol. The highest BCUT2D eigenvalue weighted by molar-refractivity contribution is 7.14. The number of rotatable bonds is 5. The Bertz CT molecular complexity index is 835. The lowest BCUT2D eigenvalue weighted by Crippen LogP contribution is -2.26. The van der Waals surface area contributed by atoms with E-state index in [2.05, 4.69) is 15.6 Å². The molecule has 0 spiro atoms. The first-order chi connectivity index (χ1) is 11.6. The Kier molecular flexibility index (Phi) is 5.13. The van der Waals surface area contributed by atoms with E-state index in [4.69, 9.17) is 11.6 Å². The molecule has 1 unspecified atom stereocenters. The standard InChI is InChI=1S/C18H16ClN3OS/c1-12(13-6-3-2-4-7-13)20-17(23)16-11-24-18(22-16)21-15-9-5-8-14(19)10-15/h2-12H,1H3,(H,20,23)(H,21,22). The number of benzene rings is 2. The number of hydrogen-bond donors (Lipinski definition) is 2. The smallest absolute Gasteiger partial charge is 0.271 e. The second-order valence-electron chi connectivity index (χ2n) is 5.28. The van der Waals surface area contributed by atoms with Gasteiger partial charge in [-0.3, -0.25) is 4.79 Å². The summed E-state index contributed by atoms with van der Waals surface area (Å²) in [6.45, 7) is 1.95. The zero-order valence-corrected chi connectivity index (χ0v) is 14.6. The van der Waals surface area contributed by atoms with Crippen molar-refractivity contribution in [1.82, 2.24) is 10.3 Å². The van der Waals surface area contributed by atoms with Crippen LogP contribution in [0.4, 0.5) is 10.8 Å². The highest BCUT2D eigenvalue weighted by Gasteiger charge is 2.14. The lowest BCUT2D eigenvalue weighted by atomic mass is 10.1. The Morgan fingerprint density at radius 2 is 1.96 bits per heavy atom. The van der Waals surface area contributed by atoms with Gasteiger partial charge < -0.3 is 10.6 Å². The van der Waals surface area contributed by atoms with Crippen LogP contribution in [-0.4, -0.2) is 10.9 Å². The van der Waals surface area contributed by atoms with Gasteiger partial charge in [0.05, 0.1) is 6.04 Å². The molecule has 1 amide bonds. The van der Waals surface area contributed by atoms with Gasteiger partial charge in [-0.15, -0.1) is 11.3 Å². The number of nitrogens with zero attached hydrogens (tertiary/aromatic N) is 1. The molecular formula is C18H16ClN3OS. The van der Waals surface area contributed by atoms with E-state index < -0.39 is 0 Å². The minimum Gasteiger partial charge on any atom is -0.344 e. The highest BCUT2D eigenvalue weighted by atomic mass is 35.5. The van der Waals surface area contributed by atoms with E-state index in [9.17, 15) is 4.79 Å². The van der Waals surface area contributed by atoms with Gasteiger partial charge in [-0.25, -0.2) is 4.98 Å². The van der Waals surface area contributed by atoms with Crippen LogP contribution in [0.15, 0.2) is 60.0 Å². The number of hydrogen-bond acceptors (Lipinski definition) is 4. The van der Waals surface area contributed by atoms with E-state index in [1.54, 1.807) is 17.5 Å². The first-order valence-electron chi connectivity index (χ1n) is 7.46. The normalized spacial score (nSPS) is 11.8. The van der Waals surface area contributed by atoms with Gasteiger partial charge in [0, 0.05) is 16.1 Å². The summed E-state index contributed by atoms with van der Waals surface area (Å²) < 4.78 is 0. The van der Waals surface area contributed by atoms with Crippen LogP contribution in [0.25, 0.3) is 0 Å². The van der Waals surface area contributed by atoms with Crippen molar-refractivity contribution in [3.63, 3.8) is 0 Å². The number of nitrogens with one attached hydrogen (secondary N) is 2. The molecule has 0 saturated heterocycles. The summed E-state index contributed by atoms with van der Waals surface area (Å²) in [6.07, 6.45) is 0. The fourth-order valence-electron chi connectivity index (χ4n) is 2.22. The van der Waals surface area contributed by atoms with Crippen LogP contribution >= 0.6 is 22.9 Å². The Balaban J connectivity index is 1.65. The molecule has 1 atom stereocenters. The van der Waals surface area contributed by atoms with Gasteiger partial charge in [-0.2, -0.15) is 0 Å². The maximum Gasteiger partial charge on any atom is 0.271 e. The number of carbonyl (C=O) groups excluding carboxylic acids is 1. The van der Waals surface area contributed by atoms with Crippen molar-refractivity contribution in [2.75, 3.05) is 5.32 Å². The topological polar surface area (TPSA) is 54.0 Å². The molecule has 0 radical (unpaired) electrons. The van der Waals surface area contributed by atoms with E-state index in [-0.39, 0.29) is 11.9 Å². The quantitative estimate of drug-likeness (QED) is 0.673. The maximum atomic E-state index is 12.3. The summed E-state index contributed by atoms with van der Waals surface area (Å²) in [4.78, 5) is 16.7. The average Bonchev–Trinajstić information content (AvgIpc) is 3.04. The van der Waals surface area contributed by atoms with Crippen molar-refractivity contribution >= 4 is 39.7 Å². The molecule has 122 valence electrons. The average molecular weight is 358 g/mol. The molecule has 24 heavy (non-hydrogen) atoms. The van der Waals surface area contributed by atoms with Gasteiger partial charge in [0.25, 0.3) is 5.91 Å². The lowest BCUT2D eigenvalue weighted by molar-refractivity contribution is 0.0935. The van der Waals surface area contributed by atoms with Crippen molar-refractivity contribution < 1.29 is 4.79 Å². The lowest BCUT2D eigenvalue weighted by Gasteiger charge is -2.13. The van der Waals surface area contributed by atoms with Crippen LogP contribution in [0.2, 0.25) is 5.02 Å². The fraction of sp³-hybridized carbons (Fsp3) is 0.111. The molecule has 3 rings (SSSR count). The van der Waals surface area contributed by atoms with Crippen LogP contribution < -0.4 is 10.6 Å². The molecule has 1 aromatic heterocycles. The van der Waals surface area contributed by atoms with Crippen LogP contribution in [0.5, 0.6) is 0 Å². The number of halogens is 1. The maximum absolute atomic E-state index is 12.3. The Morgan fingerprint density at radius 1 is 1.17 bits per heavy atom. The van der Waals surface area contributed by atoms with E-state index in [0.717, 1.165) is 11.3 Å². The number of thiazole rings is 1. The van der Waals surface area contributed by atoms with Crippen molar-refractivity contribution in [3.8, 4) is 0 Å². The third kappa shape index (κ3) is 4.13. The highest BCUT2D eigenvalue weighted by Crippen LogP contribution is 2.23. The molecule has 2 N–H and O–H groups in total. The van der Waals surface area contributed by atoms with Crippen LogP contribution in [0.3, 0.4) is 0 Å². The van der Waals surface area contributed by atoms with E-state index in [0.29, 0.717) is 15.8 Å². The number of anilines is 2. The SMILES string of the molecule is CC(NC(=O)c1csc(Nc2cccc(Cl)c2)n1)c1ccccc1. The van der Waals surface area contributed by atoms with Crippen molar-refractivity contribution in [2.24, 2.45) is 0 Å². The molecule has 0 bridgehead atoms. The third-order valence-corrected chi connectivity index (χ3v) is 4.45. The first-order valence-corrected chi connectivity index (χ1v) is 8.71. The summed E-state index contributed by atoms with van der Waals surface area (Å²) in [5, 5.41) is 9.13. The number of amides is 1. The van der Waals surface area contributed by atoms with Gasteiger partial charge >= 0.3 is 0 Å². The molecule has 2 aromatic carbocycles. The molecule has 0 fully saturated rings. The minimum atomic E-state index is -0.193. The first kappa shape index (κ1) is 16.5. The molecule has 0 aliphatic carbocycles. The van der Waals surface area contributed by atoms with Crippen LogP contribution in [-0.2, 0) is 0 Å². The zero-order chi connectivity index (χ0) is 16.9. The van der Waals surface area contributed by atoms with Gasteiger partial charge in [-0.05, 0) is 30.7 Å². The Hall–Kier alpha value is -2.37. The Morgan fingerprint density at radius 3 is 2.71 bits per heavy atom. The number of carbonyl (C=O) groups is 1. The fourth-order valence-corrected chi connectivity index (χ4v) is 3.12. The second-order valence-corrected chi connectivity index (χ2v) is 6.57. The molecule has 3 aromatic rings. The summed E-state index contributed by atoms with van der Waals surface area (Å²) in [6, 6.07) is 17.1. The number of aromatic nitrogens is 1. The largest absolute Gasteiger partial charge is 0.344 e. The van der Waals surface area contributed by atoms with Crippen molar-refractivity contribution in [1.29, 1.82) is 0 Å². The third-order valence-electron chi connectivity index (χ3n) is 3.46. The molecule has 0 saturated carbocycles. The minimum absolute atomic E-state index is 0.0789. The van der Waals surface area contributed by atoms with Crippen LogP contribution in [0, 0.1) is 0 Å². The van der Waals surface area contributed by atoms with E-state index >= 15 is 0 Å². The molecule has 0 aliphatic heterocycles. The second kappa shape index (κ2) is 7.47. The van der Waals surface area contributed by atoms with Crippen LogP contribution in [0.1, 0.15) is 29.0 Å². The molecular weight excluding hydrogens is 342 g/mol.